The van der Waals surface area contributed by atoms with Crippen molar-refractivity contribution in [2.45, 2.75) is 26.3 Å². The smallest absolute Gasteiger partial charge is 0.263 e. The number of hydrogen-bond acceptors (Lipinski definition) is 3. The molecular formula is C24H24N4O2. The summed E-state index contributed by atoms with van der Waals surface area (Å²) in [5.41, 5.74) is 3.97. The molecule has 0 saturated heterocycles. The van der Waals surface area contributed by atoms with Crippen LogP contribution in [0.2, 0.25) is 0 Å². The molecule has 0 spiro atoms. The Hall–Kier alpha value is -3.67. The maximum absolute atomic E-state index is 13.0. The van der Waals surface area contributed by atoms with Crippen molar-refractivity contribution >= 4 is 16.8 Å². The Kier molecular flexibility index (Phi) is 5.75. The Morgan fingerprint density at radius 1 is 1.10 bits per heavy atom. The third kappa shape index (κ3) is 4.17. The lowest BCUT2D eigenvalue weighted by atomic mass is 10.1. The molecule has 0 atom stereocenters. The molecule has 0 aliphatic rings. The molecule has 4 rings (SSSR count). The van der Waals surface area contributed by atoms with Gasteiger partial charge in [-0.2, -0.15) is 0 Å². The van der Waals surface area contributed by atoms with Crippen molar-refractivity contribution in [2.75, 3.05) is 6.54 Å². The number of hydrogen-bond donors (Lipinski definition) is 2. The summed E-state index contributed by atoms with van der Waals surface area (Å²) in [7, 11) is 0. The molecule has 3 heterocycles. The van der Waals surface area contributed by atoms with Crippen LogP contribution in [0.25, 0.3) is 10.9 Å². The van der Waals surface area contributed by atoms with Gasteiger partial charge in [0.05, 0.1) is 0 Å². The van der Waals surface area contributed by atoms with E-state index in [1.54, 1.807) is 30.1 Å². The molecule has 0 aliphatic carbocycles. The molecule has 0 saturated carbocycles. The number of nitrogens with zero attached hydrogens (tertiary/aromatic N) is 2. The number of carbonyl (C=O) groups excluding carboxylic acids is 1. The predicted octanol–water partition coefficient (Wildman–Crippen LogP) is 3.25. The lowest BCUT2D eigenvalue weighted by Gasteiger charge is -2.11. The minimum absolute atomic E-state index is 0.214. The van der Waals surface area contributed by atoms with E-state index < -0.39 is 0 Å². The van der Waals surface area contributed by atoms with E-state index in [0.29, 0.717) is 31.5 Å². The molecule has 1 aromatic carbocycles. The number of nitrogens with one attached hydrogen (secondary N) is 2. The summed E-state index contributed by atoms with van der Waals surface area (Å²) in [5, 5.41) is 4.03. The minimum Gasteiger partial charge on any atom is -0.361 e. The van der Waals surface area contributed by atoms with E-state index in [1.165, 1.54) is 0 Å². The highest BCUT2D eigenvalue weighted by Crippen LogP contribution is 2.18. The summed E-state index contributed by atoms with van der Waals surface area (Å²) in [6.45, 7) is 2.77. The zero-order chi connectivity index (χ0) is 20.9. The Bertz CT molecular complexity index is 1220. The first-order valence-corrected chi connectivity index (χ1v) is 10.1. The highest BCUT2D eigenvalue weighted by Gasteiger charge is 2.15. The molecule has 4 aromatic rings. The molecule has 0 unspecified atom stereocenters. The molecule has 3 aromatic heterocycles. The summed E-state index contributed by atoms with van der Waals surface area (Å²) in [6, 6.07) is 13.8. The summed E-state index contributed by atoms with van der Waals surface area (Å²) < 4.78 is 1.62. The minimum atomic E-state index is -0.326. The second kappa shape index (κ2) is 8.78. The first-order chi connectivity index (χ1) is 14.6. The average molecular weight is 400 g/mol. The van der Waals surface area contributed by atoms with E-state index in [0.717, 1.165) is 22.0 Å². The number of aryl methyl sites for hydroxylation is 3. The van der Waals surface area contributed by atoms with Gasteiger partial charge in [-0.3, -0.25) is 14.6 Å². The lowest BCUT2D eigenvalue weighted by molar-refractivity contribution is 0.0951. The Morgan fingerprint density at radius 3 is 2.73 bits per heavy atom. The van der Waals surface area contributed by atoms with E-state index >= 15 is 0 Å². The van der Waals surface area contributed by atoms with Crippen LogP contribution >= 0.6 is 0 Å². The maximum atomic E-state index is 13.0. The second-order valence-electron chi connectivity index (χ2n) is 7.34. The fraction of sp³-hybridized carbons (Fsp3) is 0.208. The van der Waals surface area contributed by atoms with E-state index in [2.05, 4.69) is 21.4 Å². The molecule has 0 aliphatic heterocycles. The lowest BCUT2D eigenvalue weighted by Crippen LogP contribution is -2.35. The van der Waals surface area contributed by atoms with Crippen LogP contribution in [0.4, 0.5) is 0 Å². The van der Waals surface area contributed by atoms with Gasteiger partial charge in [-0.05, 0) is 60.7 Å². The van der Waals surface area contributed by atoms with Gasteiger partial charge in [-0.25, -0.2) is 0 Å². The summed E-state index contributed by atoms with van der Waals surface area (Å²) in [4.78, 5) is 32.9. The molecule has 30 heavy (non-hydrogen) atoms. The van der Waals surface area contributed by atoms with Crippen LogP contribution in [0.3, 0.4) is 0 Å². The number of para-hydroxylation sites is 1. The van der Waals surface area contributed by atoms with E-state index in [9.17, 15) is 9.59 Å². The highest BCUT2D eigenvalue weighted by molar-refractivity contribution is 5.95. The number of fused-ring (bicyclic) bond motifs is 1. The zero-order valence-electron chi connectivity index (χ0n) is 16.9. The van der Waals surface area contributed by atoms with Crippen molar-refractivity contribution in [3.63, 3.8) is 0 Å². The first kappa shape index (κ1) is 19.6. The summed E-state index contributed by atoms with van der Waals surface area (Å²) in [5.74, 6) is -0.326. The van der Waals surface area contributed by atoms with Gasteiger partial charge >= 0.3 is 0 Å². The van der Waals surface area contributed by atoms with Crippen LogP contribution in [-0.4, -0.2) is 27.0 Å². The third-order valence-corrected chi connectivity index (χ3v) is 5.35. The van der Waals surface area contributed by atoms with Crippen LogP contribution in [-0.2, 0) is 19.4 Å². The van der Waals surface area contributed by atoms with Gasteiger partial charge in [0, 0.05) is 48.8 Å². The maximum Gasteiger partial charge on any atom is 0.263 e. The van der Waals surface area contributed by atoms with Crippen LogP contribution in [0.5, 0.6) is 0 Å². The normalized spacial score (nSPS) is 11.0. The predicted molar refractivity (Wildman–Crippen MR) is 118 cm³/mol. The van der Waals surface area contributed by atoms with Crippen LogP contribution in [0, 0.1) is 6.92 Å². The van der Waals surface area contributed by atoms with Gasteiger partial charge in [0.2, 0.25) is 0 Å². The Morgan fingerprint density at radius 2 is 1.90 bits per heavy atom. The number of aromatic nitrogens is 3. The Balaban J connectivity index is 1.46. The van der Waals surface area contributed by atoms with E-state index in [4.69, 9.17) is 0 Å². The molecule has 2 N–H and O–H groups in total. The van der Waals surface area contributed by atoms with Crippen molar-refractivity contribution in [2.24, 2.45) is 0 Å². The molecule has 6 heteroatoms. The average Bonchev–Trinajstić information content (AvgIpc) is 3.17. The molecule has 0 radical (unpaired) electrons. The number of carbonyl (C=O) groups is 1. The number of aromatic amines is 1. The van der Waals surface area contributed by atoms with Crippen LogP contribution in [0.15, 0.2) is 72.0 Å². The highest BCUT2D eigenvalue weighted by atomic mass is 16.2. The molecule has 0 bridgehead atoms. The van der Waals surface area contributed by atoms with Gasteiger partial charge in [-0.1, -0.05) is 18.2 Å². The first-order valence-electron chi connectivity index (χ1n) is 10.1. The summed E-state index contributed by atoms with van der Waals surface area (Å²) >= 11 is 0. The number of amides is 1. The fourth-order valence-corrected chi connectivity index (χ4v) is 3.65. The fourth-order valence-electron chi connectivity index (χ4n) is 3.65. The third-order valence-electron chi connectivity index (χ3n) is 5.35. The van der Waals surface area contributed by atoms with Gasteiger partial charge in [0.15, 0.2) is 0 Å². The van der Waals surface area contributed by atoms with Crippen molar-refractivity contribution in [1.29, 1.82) is 0 Å². The van der Waals surface area contributed by atoms with E-state index in [1.807, 2.05) is 42.6 Å². The standard InChI is InChI=1S/C24H24N4O2/c1-17-9-14-28(15-10-19-16-27-21-5-3-2-4-20(19)21)24(30)22(17)23(29)26-13-8-18-6-11-25-12-7-18/h2-7,9,11-12,14,16,27H,8,10,13,15H2,1H3,(H,26,29). The summed E-state index contributed by atoms with van der Waals surface area (Å²) in [6.07, 6.45) is 8.59. The van der Waals surface area contributed by atoms with E-state index in [-0.39, 0.29) is 17.0 Å². The van der Waals surface area contributed by atoms with Crippen molar-refractivity contribution < 1.29 is 4.79 Å². The molecule has 0 fully saturated rings. The quantitative estimate of drug-likeness (QED) is 0.500. The van der Waals surface area contributed by atoms with Crippen LogP contribution < -0.4 is 10.9 Å². The Labute approximate surface area is 174 Å². The number of H-pyrrole nitrogens is 1. The van der Waals surface area contributed by atoms with Crippen molar-refractivity contribution in [3.8, 4) is 0 Å². The zero-order valence-corrected chi connectivity index (χ0v) is 16.9. The molecule has 1 amide bonds. The van der Waals surface area contributed by atoms with Crippen molar-refractivity contribution in [1.82, 2.24) is 19.9 Å². The topological polar surface area (TPSA) is 79.8 Å². The monoisotopic (exact) mass is 400 g/mol. The van der Waals surface area contributed by atoms with Gasteiger partial charge in [-0.15, -0.1) is 0 Å². The molecule has 152 valence electrons. The van der Waals surface area contributed by atoms with Gasteiger partial charge in [0.1, 0.15) is 5.56 Å². The number of benzene rings is 1. The molecule has 6 nitrogen and oxygen atoms in total. The number of pyridine rings is 2. The largest absolute Gasteiger partial charge is 0.361 e. The second-order valence-corrected chi connectivity index (χ2v) is 7.34. The molecular weight excluding hydrogens is 376 g/mol. The van der Waals surface area contributed by atoms with Gasteiger partial charge < -0.3 is 14.9 Å². The SMILES string of the molecule is Cc1ccn(CCc2c[nH]c3ccccc23)c(=O)c1C(=O)NCCc1ccncc1. The number of rotatable bonds is 7. The van der Waals surface area contributed by atoms with Crippen molar-refractivity contribution in [3.05, 3.63) is 99.9 Å². The van der Waals surface area contributed by atoms with Crippen LogP contribution in [0.1, 0.15) is 27.0 Å². The van der Waals surface area contributed by atoms with Gasteiger partial charge in [0.25, 0.3) is 11.5 Å².